The van der Waals surface area contributed by atoms with Crippen LogP contribution in [0.1, 0.15) is 39.1 Å². The third kappa shape index (κ3) is 3.36. The van der Waals surface area contributed by atoms with Crippen molar-refractivity contribution in [1.29, 1.82) is 0 Å². The van der Waals surface area contributed by atoms with E-state index < -0.39 is 0 Å². The standard InChI is InChI=1S/C19H18BrNO3/c1-13-8-9-17(16(20)12-13)24-11-5-4-10-21-18(22)14-6-2-3-7-15(14)19(21)23/h2-3,6-9,12H,4-5,10-11H2,1H3. The lowest BCUT2D eigenvalue weighted by Gasteiger charge is -2.14. The molecule has 0 atom stereocenters. The van der Waals surface area contributed by atoms with Crippen molar-refractivity contribution in [1.82, 2.24) is 4.90 Å². The molecule has 0 N–H and O–H groups in total. The molecule has 0 fully saturated rings. The predicted octanol–water partition coefficient (Wildman–Crippen LogP) is 4.21. The number of aryl methyl sites for hydroxylation is 1. The number of benzene rings is 2. The van der Waals surface area contributed by atoms with Crippen LogP contribution < -0.4 is 4.74 Å². The van der Waals surface area contributed by atoms with Crippen molar-refractivity contribution in [2.24, 2.45) is 0 Å². The molecule has 2 aromatic carbocycles. The van der Waals surface area contributed by atoms with E-state index in [4.69, 9.17) is 4.74 Å². The van der Waals surface area contributed by atoms with Gasteiger partial charge < -0.3 is 4.74 Å². The number of hydrogen-bond acceptors (Lipinski definition) is 3. The highest BCUT2D eigenvalue weighted by molar-refractivity contribution is 9.10. The van der Waals surface area contributed by atoms with Crippen molar-refractivity contribution in [3.8, 4) is 5.75 Å². The monoisotopic (exact) mass is 387 g/mol. The van der Waals surface area contributed by atoms with Gasteiger partial charge in [-0.25, -0.2) is 0 Å². The first-order valence-electron chi connectivity index (χ1n) is 7.92. The van der Waals surface area contributed by atoms with E-state index in [9.17, 15) is 9.59 Å². The zero-order valence-electron chi connectivity index (χ0n) is 13.4. The Morgan fingerprint density at radius 2 is 1.67 bits per heavy atom. The number of carbonyl (C=O) groups is 2. The summed E-state index contributed by atoms with van der Waals surface area (Å²) in [6.45, 7) is 2.99. The van der Waals surface area contributed by atoms with Gasteiger partial charge in [-0.1, -0.05) is 18.2 Å². The Kier molecular flexibility index (Phi) is 5.00. The summed E-state index contributed by atoms with van der Waals surface area (Å²) in [5.41, 5.74) is 2.17. The minimum Gasteiger partial charge on any atom is -0.492 e. The fourth-order valence-electron chi connectivity index (χ4n) is 2.72. The molecule has 5 heteroatoms. The lowest BCUT2D eigenvalue weighted by Crippen LogP contribution is -2.30. The number of halogens is 1. The van der Waals surface area contributed by atoms with Crippen LogP contribution in [0.4, 0.5) is 0 Å². The molecule has 0 unspecified atom stereocenters. The van der Waals surface area contributed by atoms with Gasteiger partial charge in [-0.3, -0.25) is 14.5 Å². The van der Waals surface area contributed by atoms with Gasteiger partial charge in [0.15, 0.2) is 0 Å². The van der Waals surface area contributed by atoms with Crippen molar-refractivity contribution in [2.45, 2.75) is 19.8 Å². The maximum atomic E-state index is 12.2. The van der Waals surface area contributed by atoms with Crippen molar-refractivity contribution in [2.75, 3.05) is 13.2 Å². The van der Waals surface area contributed by atoms with Crippen LogP contribution in [-0.4, -0.2) is 29.9 Å². The Hall–Kier alpha value is -2.14. The number of fused-ring (bicyclic) bond motifs is 1. The molecule has 0 aliphatic carbocycles. The van der Waals surface area contributed by atoms with E-state index in [2.05, 4.69) is 15.9 Å². The van der Waals surface area contributed by atoms with Crippen LogP contribution in [0.3, 0.4) is 0 Å². The second kappa shape index (κ2) is 7.18. The fraction of sp³-hybridized carbons (Fsp3) is 0.263. The third-order valence-corrected chi connectivity index (χ3v) is 4.62. The molecule has 2 amide bonds. The molecule has 0 aromatic heterocycles. The van der Waals surface area contributed by atoms with E-state index in [1.54, 1.807) is 24.3 Å². The Morgan fingerprint density at radius 3 is 2.29 bits per heavy atom. The maximum absolute atomic E-state index is 12.2. The molecule has 24 heavy (non-hydrogen) atoms. The highest BCUT2D eigenvalue weighted by atomic mass is 79.9. The average molecular weight is 388 g/mol. The Bertz CT molecular complexity index is 753. The first-order valence-corrected chi connectivity index (χ1v) is 8.71. The van der Waals surface area contributed by atoms with E-state index in [-0.39, 0.29) is 11.8 Å². The molecular formula is C19H18BrNO3. The van der Waals surface area contributed by atoms with E-state index in [1.165, 1.54) is 10.5 Å². The number of amides is 2. The van der Waals surface area contributed by atoms with Gasteiger partial charge in [0.25, 0.3) is 11.8 Å². The molecule has 0 bridgehead atoms. The molecule has 4 nitrogen and oxygen atoms in total. The number of unbranched alkanes of at least 4 members (excludes halogenated alkanes) is 1. The lowest BCUT2D eigenvalue weighted by molar-refractivity contribution is 0.0649. The van der Waals surface area contributed by atoms with Crippen LogP contribution >= 0.6 is 15.9 Å². The summed E-state index contributed by atoms with van der Waals surface area (Å²) >= 11 is 3.48. The summed E-state index contributed by atoms with van der Waals surface area (Å²) in [7, 11) is 0. The lowest BCUT2D eigenvalue weighted by atomic mass is 10.1. The topological polar surface area (TPSA) is 46.6 Å². The molecule has 0 spiro atoms. The quantitative estimate of drug-likeness (QED) is 0.550. The molecule has 2 aromatic rings. The van der Waals surface area contributed by atoms with Gasteiger partial charge in [0.1, 0.15) is 5.75 Å². The van der Waals surface area contributed by atoms with Crippen LogP contribution in [-0.2, 0) is 0 Å². The Balaban J connectivity index is 1.48. The molecule has 124 valence electrons. The van der Waals surface area contributed by atoms with Crippen molar-refractivity contribution in [3.63, 3.8) is 0 Å². The minimum atomic E-state index is -0.196. The summed E-state index contributed by atoms with van der Waals surface area (Å²) in [5, 5.41) is 0. The summed E-state index contributed by atoms with van der Waals surface area (Å²) in [6, 6.07) is 12.9. The minimum absolute atomic E-state index is 0.196. The fourth-order valence-corrected chi connectivity index (χ4v) is 3.33. The molecule has 0 radical (unpaired) electrons. The van der Waals surface area contributed by atoms with Gasteiger partial charge in [0.05, 0.1) is 22.2 Å². The number of nitrogens with zero attached hydrogens (tertiary/aromatic N) is 1. The van der Waals surface area contributed by atoms with E-state index >= 15 is 0 Å². The van der Waals surface area contributed by atoms with Gasteiger partial charge in [0, 0.05) is 6.54 Å². The number of ether oxygens (including phenoxy) is 1. The normalized spacial score (nSPS) is 13.3. The van der Waals surface area contributed by atoms with Crippen molar-refractivity contribution >= 4 is 27.7 Å². The highest BCUT2D eigenvalue weighted by Gasteiger charge is 2.34. The van der Waals surface area contributed by atoms with Crippen LogP contribution in [0, 0.1) is 6.92 Å². The van der Waals surface area contributed by atoms with Gasteiger partial charge in [-0.05, 0) is 65.5 Å². The summed E-state index contributed by atoms with van der Waals surface area (Å²) in [4.78, 5) is 25.8. The van der Waals surface area contributed by atoms with Crippen molar-refractivity contribution < 1.29 is 14.3 Å². The first kappa shape index (κ1) is 16.7. The molecule has 1 aliphatic heterocycles. The van der Waals surface area contributed by atoms with Gasteiger partial charge in [-0.2, -0.15) is 0 Å². The largest absolute Gasteiger partial charge is 0.492 e. The second-order valence-electron chi connectivity index (χ2n) is 5.80. The number of carbonyl (C=O) groups excluding carboxylic acids is 2. The Labute approximate surface area is 149 Å². The van der Waals surface area contributed by atoms with E-state index in [0.29, 0.717) is 24.3 Å². The third-order valence-electron chi connectivity index (χ3n) is 4.00. The van der Waals surface area contributed by atoms with E-state index in [1.807, 2.05) is 25.1 Å². The van der Waals surface area contributed by atoms with Gasteiger partial charge >= 0.3 is 0 Å². The van der Waals surface area contributed by atoms with Crippen LogP contribution in [0.15, 0.2) is 46.9 Å². The first-order chi connectivity index (χ1) is 11.6. The number of hydrogen-bond donors (Lipinski definition) is 0. The van der Waals surface area contributed by atoms with Gasteiger partial charge in [0.2, 0.25) is 0 Å². The molecule has 0 saturated heterocycles. The second-order valence-corrected chi connectivity index (χ2v) is 6.65. The van der Waals surface area contributed by atoms with Crippen LogP contribution in [0.5, 0.6) is 5.75 Å². The van der Waals surface area contributed by atoms with Gasteiger partial charge in [-0.15, -0.1) is 0 Å². The maximum Gasteiger partial charge on any atom is 0.261 e. The SMILES string of the molecule is Cc1ccc(OCCCCN2C(=O)c3ccccc3C2=O)c(Br)c1. The van der Waals surface area contributed by atoms with Crippen molar-refractivity contribution in [3.05, 3.63) is 63.6 Å². The predicted molar refractivity (Wildman–Crippen MR) is 95.4 cm³/mol. The summed E-state index contributed by atoms with van der Waals surface area (Å²) in [5.74, 6) is 0.414. The molecule has 0 saturated carbocycles. The number of rotatable bonds is 6. The zero-order chi connectivity index (χ0) is 17.1. The molecular weight excluding hydrogens is 370 g/mol. The Morgan fingerprint density at radius 1 is 1.00 bits per heavy atom. The average Bonchev–Trinajstić information content (AvgIpc) is 2.81. The molecule has 1 aliphatic rings. The summed E-state index contributed by atoms with van der Waals surface area (Å²) in [6.07, 6.45) is 1.49. The number of imide groups is 1. The molecule has 3 rings (SSSR count). The van der Waals surface area contributed by atoms with Crippen LogP contribution in [0.2, 0.25) is 0 Å². The zero-order valence-corrected chi connectivity index (χ0v) is 15.0. The molecule has 1 heterocycles. The summed E-state index contributed by atoms with van der Waals surface area (Å²) < 4.78 is 6.67. The smallest absolute Gasteiger partial charge is 0.261 e. The highest BCUT2D eigenvalue weighted by Crippen LogP contribution is 2.26. The van der Waals surface area contributed by atoms with E-state index in [0.717, 1.165) is 23.1 Å². The van der Waals surface area contributed by atoms with Crippen LogP contribution in [0.25, 0.3) is 0 Å².